The molecule has 0 radical (unpaired) electrons. The molecule has 2 amide bonds. The highest BCUT2D eigenvalue weighted by Crippen LogP contribution is 2.53. The van der Waals surface area contributed by atoms with Crippen LogP contribution in [-0.2, 0) is 16.0 Å². The number of fused-ring (bicyclic) bond motifs is 1. The number of H-pyrrole nitrogens is 1. The van der Waals surface area contributed by atoms with Gasteiger partial charge in [-0.25, -0.2) is 4.98 Å². The molecule has 2 aliphatic heterocycles. The number of aromatic amines is 1. The summed E-state index contributed by atoms with van der Waals surface area (Å²) in [4.78, 5) is 37.5. The predicted octanol–water partition coefficient (Wildman–Crippen LogP) is 3.53. The Balaban J connectivity index is 1.16. The molecule has 1 saturated carbocycles. The maximum Gasteiger partial charge on any atom is 0.223 e. The number of aryl methyl sites for hydroxylation is 1. The van der Waals surface area contributed by atoms with E-state index in [9.17, 15) is 9.59 Å². The SMILES string of the molecule is O=C(CCC1CN(C(=O)CCc2nc3ccccc3[nH]2)CC12CCC2)N1CCCC1. The highest BCUT2D eigenvalue weighted by molar-refractivity contribution is 5.78. The van der Waals surface area contributed by atoms with Gasteiger partial charge >= 0.3 is 0 Å². The smallest absolute Gasteiger partial charge is 0.223 e. The monoisotopic (exact) mass is 408 g/mol. The van der Waals surface area contributed by atoms with Crippen LogP contribution in [0.3, 0.4) is 0 Å². The van der Waals surface area contributed by atoms with Crippen LogP contribution in [0.2, 0.25) is 0 Å². The van der Waals surface area contributed by atoms with Gasteiger partial charge in [0.15, 0.2) is 0 Å². The molecule has 1 unspecified atom stereocenters. The lowest BCUT2D eigenvalue weighted by Crippen LogP contribution is -2.39. The Morgan fingerprint density at radius 3 is 2.53 bits per heavy atom. The summed E-state index contributed by atoms with van der Waals surface area (Å²) in [5, 5.41) is 0. The number of amides is 2. The third-order valence-corrected chi connectivity index (χ3v) is 7.69. The Hall–Kier alpha value is -2.37. The first-order chi connectivity index (χ1) is 14.6. The number of carbonyl (C=O) groups is 2. The molecule has 3 fully saturated rings. The van der Waals surface area contributed by atoms with Gasteiger partial charge in [-0.2, -0.15) is 0 Å². The van der Waals surface area contributed by atoms with E-state index >= 15 is 0 Å². The van der Waals surface area contributed by atoms with E-state index in [2.05, 4.69) is 14.9 Å². The molecule has 3 aliphatic rings. The third kappa shape index (κ3) is 3.72. The first kappa shape index (κ1) is 19.6. The fourth-order valence-electron chi connectivity index (χ4n) is 5.75. The first-order valence-electron chi connectivity index (χ1n) is 11.6. The standard InChI is InChI=1S/C24H32N4O2/c29-22(27-14-3-4-15-27)10-8-18-16-28(17-24(18)12-5-13-24)23(30)11-9-21-25-19-6-1-2-7-20(19)26-21/h1-2,6-7,18H,3-5,8-17H2,(H,25,26). The van der Waals surface area contributed by atoms with Crippen molar-refractivity contribution in [3.63, 3.8) is 0 Å². The largest absolute Gasteiger partial charge is 0.343 e. The van der Waals surface area contributed by atoms with Gasteiger partial charge in [0, 0.05) is 45.4 Å². The van der Waals surface area contributed by atoms with E-state index < -0.39 is 0 Å². The van der Waals surface area contributed by atoms with Gasteiger partial charge in [-0.05, 0) is 55.6 Å². The maximum atomic E-state index is 13.0. The highest BCUT2D eigenvalue weighted by atomic mass is 16.2. The van der Waals surface area contributed by atoms with Gasteiger partial charge in [-0.3, -0.25) is 9.59 Å². The maximum absolute atomic E-state index is 13.0. The number of imidazole rings is 1. The molecule has 2 aromatic rings. The molecule has 5 rings (SSSR count). The van der Waals surface area contributed by atoms with E-state index in [1.54, 1.807) is 0 Å². The van der Waals surface area contributed by atoms with Gasteiger partial charge in [0.2, 0.25) is 11.8 Å². The van der Waals surface area contributed by atoms with Gasteiger partial charge in [-0.1, -0.05) is 18.6 Å². The van der Waals surface area contributed by atoms with Gasteiger partial charge in [0.25, 0.3) is 0 Å². The average Bonchev–Trinajstić information content (AvgIpc) is 3.47. The fraction of sp³-hybridized carbons (Fsp3) is 0.625. The van der Waals surface area contributed by atoms with Gasteiger partial charge in [0.1, 0.15) is 5.82 Å². The summed E-state index contributed by atoms with van der Waals surface area (Å²) in [7, 11) is 0. The van der Waals surface area contributed by atoms with Crippen LogP contribution >= 0.6 is 0 Å². The Morgan fingerprint density at radius 1 is 1.03 bits per heavy atom. The second-order valence-electron chi connectivity index (χ2n) is 9.51. The summed E-state index contributed by atoms with van der Waals surface area (Å²) >= 11 is 0. The number of carbonyl (C=O) groups excluding carboxylic acids is 2. The van der Waals surface area contributed by atoms with E-state index in [-0.39, 0.29) is 11.3 Å². The lowest BCUT2D eigenvalue weighted by molar-refractivity contribution is -0.131. The van der Waals surface area contributed by atoms with Gasteiger partial charge < -0.3 is 14.8 Å². The average molecular weight is 409 g/mol. The number of likely N-dealkylation sites (tertiary alicyclic amines) is 2. The molecule has 1 spiro atoms. The molecule has 160 valence electrons. The molecule has 0 bridgehead atoms. The second kappa shape index (κ2) is 8.05. The van der Waals surface area contributed by atoms with Crippen molar-refractivity contribution in [1.29, 1.82) is 0 Å². The summed E-state index contributed by atoms with van der Waals surface area (Å²) in [6.45, 7) is 3.57. The first-order valence-corrected chi connectivity index (χ1v) is 11.6. The minimum Gasteiger partial charge on any atom is -0.343 e. The van der Waals surface area contributed by atoms with Crippen molar-refractivity contribution >= 4 is 22.8 Å². The molecule has 2 saturated heterocycles. The number of benzene rings is 1. The van der Waals surface area contributed by atoms with E-state index in [0.29, 0.717) is 31.1 Å². The van der Waals surface area contributed by atoms with Crippen molar-refractivity contribution in [2.75, 3.05) is 26.2 Å². The molecule has 6 heteroatoms. The molecule has 1 N–H and O–H groups in total. The van der Waals surface area contributed by atoms with E-state index in [1.165, 1.54) is 19.3 Å². The lowest BCUT2D eigenvalue weighted by atomic mass is 9.62. The van der Waals surface area contributed by atoms with E-state index in [4.69, 9.17) is 0 Å². The topological polar surface area (TPSA) is 69.3 Å². The van der Waals surface area contributed by atoms with Crippen molar-refractivity contribution in [2.45, 2.75) is 57.8 Å². The van der Waals surface area contributed by atoms with E-state index in [0.717, 1.165) is 62.3 Å². The lowest BCUT2D eigenvalue weighted by Gasteiger charge is -2.43. The Labute approximate surface area is 178 Å². The third-order valence-electron chi connectivity index (χ3n) is 7.69. The molecule has 1 atom stereocenters. The Bertz CT molecular complexity index is 893. The van der Waals surface area contributed by atoms with Gasteiger partial charge in [-0.15, -0.1) is 0 Å². The van der Waals surface area contributed by atoms with Crippen LogP contribution in [0.5, 0.6) is 0 Å². The van der Waals surface area contributed by atoms with Crippen molar-refractivity contribution < 1.29 is 9.59 Å². The van der Waals surface area contributed by atoms with Crippen LogP contribution in [0.25, 0.3) is 11.0 Å². The van der Waals surface area contributed by atoms with Crippen molar-refractivity contribution in [3.8, 4) is 0 Å². The summed E-state index contributed by atoms with van der Waals surface area (Å²) in [6.07, 6.45) is 8.70. The molecule has 1 aliphatic carbocycles. The summed E-state index contributed by atoms with van der Waals surface area (Å²) in [6, 6.07) is 7.98. The summed E-state index contributed by atoms with van der Waals surface area (Å²) in [5.41, 5.74) is 2.26. The molecular weight excluding hydrogens is 376 g/mol. The normalized spacial score (nSPS) is 22.7. The molecule has 6 nitrogen and oxygen atoms in total. The zero-order valence-electron chi connectivity index (χ0n) is 17.7. The van der Waals surface area contributed by atoms with Crippen molar-refractivity contribution in [2.24, 2.45) is 11.3 Å². The number of nitrogens with zero attached hydrogens (tertiary/aromatic N) is 3. The van der Waals surface area contributed by atoms with Gasteiger partial charge in [0.05, 0.1) is 11.0 Å². The van der Waals surface area contributed by atoms with Crippen LogP contribution < -0.4 is 0 Å². The molecular formula is C24H32N4O2. The molecule has 30 heavy (non-hydrogen) atoms. The zero-order valence-corrected chi connectivity index (χ0v) is 17.7. The van der Waals surface area contributed by atoms with Crippen LogP contribution in [0.15, 0.2) is 24.3 Å². The zero-order chi connectivity index (χ0) is 20.6. The molecule has 1 aromatic heterocycles. The highest BCUT2D eigenvalue weighted by Gasteiger charge is 2.50. The predicted molar refractivity (Wildman–Crippen MR) is 116 cm³/mol. The molecule has 1 aromatic carbocycles. The van der Waals surface area contributed by atoms with E-state index in [1.807, 2.05) is 29.2 Å². The second-order valence-corrected chi connectivity index (χ2v) is 9.51. The number of rotatable bonds is 6. The number of hydrogen-bond acceptors (Lipinski definition) is 3. The number of nitrogens with one attached hydrogen (secondary N) is 1. The fourth-order valence-corrected chi connectivity index (χ4v) is 5.75. The van der Waals surface area contributed by atoms with Crippen molar-refractivity contribution in [3.05, 3.63) is 30.1 Å². The number of aromatic nitrogens is 2. The van der Waals surface area contributed by atoms with Crippen LogP contribution in [0, 0.1) is 11.3 Å². The van der Waals surface area contributed by atoms with Crippen molar-refractivity contribution in [1.82, 2.24) is 19.8 Å². The van der Waals surface area contributed by atoms with Crippen LogP contribution in [0.4, 0.5) is 0 Å². The van der Waals surface area contributed by atoms with Crippen LogP contribution in [-0.4, -0.2) is 57.8 Å². The molecule has 3 heterocycles. The summed E-state index contributed by atoms with van der Waals surface area (Å²) < 4.78 is 0. The Kier molecular flexibility index (Phi) is 5.25. The summed E-state index contributed by atoms with van der Waals surface area (Å²) in [5.74, 6) is 1.91. The van der Waals surface area contributed by atoms with Crippen LogP contribution in [0.1, 0.15) is 57.2 Å². The quantitative estimate of drug-likeness (QED) is 0.795. The minimum absolute atomic E-state index is 0.232. The number of hydrogen-bond donors (Lipinski definition) is 1. The Morgan fingerprint density at radius 2 is 1.80 bits per heavy atom. The minimum atomic E-state index is 0.232. The number of para-hydroxylation sites is 2.